The van der Waals surface area contributed by atoms with Gasteiger partial charge in [0, 0.05) is 38.4 Å². The predicted molar refractivity (Wildman–Crippen MR) is 120 cm³/mol. The topological polar surface area (TPSA) is 75.0 Å². The molecule has 1 aliphatic heterocycles. The van der Waals surface area contributed by atoms with E-state index in [9.17, 15) is 12.8 Å². The van der Waals surface area contributed by atoms with Gasteiger partial charge in [0.25, 0.3) is 0 Å². The number of sulfonamides is 1. The van der Waals surface area contributed by atoms with Crippen LogP contribution < -0.4 is 14.4 Å². The Kier molecular flexibility index (Phi) is 6.78. The van der Waals surface area contributed by atoms with Gasteiger partial charge < -0.3 is 14.1 Å². The number of ether oxygens (including phenoxy) is 1. The number of furan rings is 1. The van der Waals surface area contributed by atoms with Gasteiger partial charge in [0.05, 0.1) is 24.3 Å². The summed E-state index contributed by atoms with van der Waals surface area (Å²) in [7, 11) is -2.12. The third-order valence-corrected chi connectivity index (χ3v) is 7.09. The van der Waals surface area contributed by atoms with E-state index in [1.807, 2.05) is 30.3 Å². The molecule has 7 nitrogen and oxygen atoms in total. The van der Waals surface area contributed by atoms with Crippen molar-refractivity contribution in [3.63, 3.8) is 0 Å². The van der Waals surface area contributed by atoms with Gasteiger partial charge in [0.1, 0.15) is 17.3 Å². The predicted octanol–water partition coefficient (Wildman–Crippen LogP) is 3.27. The summed E-state index contributed by atoms with van der Waals surface area (Å²) in [5.74, 6) is 1.04. The Morgan fingerprint density at radius 1 is 1.03 bits per heavy atom. The molecular formula is C23H26FN3O4S. The summed E-state index contributed by atoms with van der Waals surface area (Å²) in [5.41, 5.74) is 1.12. The first-order chi connectivity index (χ1) is 15.5. The number of methoxy groups -OCH3 is 1. The Hall–Kier alpha value is -2.88. The van der Waals surface area contributed by atoms with Crippen LogP contribution in [0.25, 0.3) is 0 Å². The van der Waals surface area contributed by atoms with Gasteiger partial charge in [-0.1, -0.05) is 0 Å². The van der Waals surface area contributed by atoms with Crippen molar-refractivity contribution in [2.75, 3.05) is 44.7 Å². The molecule has 1 atom stereocenters. The molecule has 0 radical (unpaired) electrons. The van der Waals surface area contributed by atoms with Crippen LogP contribution in [0.15, 0.2) is 76.2 Å². The molecule has 0 unspecified atom stereocenters. The molecule has 2 aromatic carbocycles. The van der Waals surface area contributed by atoms with Gasteiger partial charge >= 0.3 is 0 Å². The molecule has 1 aliphatic rings. The lowest BCUT2D eigenvalue weighted by atomic mass is 10.1. The van der Waals surface area contributed by atoms with Gasteiger partial charge in [0.15, 0.2) is 0 Å². The van der Waals surface area contributed by atoms with Crippen LogP contribution in [0, 0.1) is 5.82 Å². The largest absolute Gasteiger partial charge is 0.497 e. The average molecular weight is 460 g/mol. The molecular weight excluding hydrogens is 433 g/mol. The lowest BCUT2D eigenvalue weighted by Crippen LogP contribution is -2.49. The van der Waals surface area contributed by atoms with Crippen molar-refractivity contribution in [3.05, 3.63) is 78.5 Å². The Morgan fingerprint density at radius 2 is 1.72 bits per heavy atom. The minimum atomic E-state index is -3.77. The van der Waals surface area contributed by atoms with Gasteiger partial charge in [-0.05, 0) is 60.7 Å². The monoisotopic (exact) mass is 459 g/mol. The summed E-state index contributed by atoms with van der Waals surface area (Å²) in [6, 6.07) is 16.1. The Bertz CT molecular complexity index is 1100. The van der Waals surface area contributed by atoms with E-state index in [0.717, 1.165) is 49.7 Å². The fourth-order valence-corrected chi connectivity index (χ4v) is 4.90. The molecule has 0 bridgehead atoms. The molecule has 0 spiro atoms. The number of hydrogen-bond donors (Lipinski definition) is 1. The third kappa shape index (κ3) is 5.12. The van der Waals surface area contributed by atoms with Crippen molar-refractivity contribution in [2.24, 2.45) is 0 Å². The Labute approximate surface area is 187 Å². The standard InChI is InChI=1S/C23H26FN3O4S/c1-30-20-8-6-19(7-9-20)26-12-14-27(15-13-26)22(23-3-2-16-31-23)17-25-32(28,29)21-10-4-18(24)5-11-21/h2-11,16,22,25H,12-15,17H2,1H3/t22-/m0/s1. The third-order valence-electron chi connectivity index (χ3n) is 5.65. The number of rotatable bonds is 8. The minimum absolute atomic E-state index is 0.0291. The summed E-state index contributed by atoms with van der Waals surface area (Å²) in [6.07, 6.45) is 1.59. The molecule has 1 N–H and O–H groups in total. The molecule has 0 saturated carbocycles. The fraction of sp³-hybridized carbons (Fsp3) is 0.304. The zero-order chi connectivity index (χ0) is 22.6. The number of piperazine rings is 1. The highest BCUT2D eigenvalue weighted by molar-refractivity contribution is 7.89. The SMILES string of the molecule is COc1ccc(N2CCN([C@@H](CNS(=O)(=O)c3ccc(F)cc3)c3ccco3)CC2)cc1. The second kappa shape index (κ2) is 9.72. The van der Waals surface area contributed by atoms with Crippen molar-refractivity contribution in [1.29, 1.82) is 0 Å². The highest BCUT2D eigenvalue weighted by atomic mass is 32.2. The maximum atomic E-state index is 13.2. The second-order valence-electron chi connectivity index (χ2n) is 7.56. The molecule has 0 aliphatic carbocycles. The van der Waals surface area contributed by atoms with E-state index in [1.54, 1.807) is 19.4 Å². The molecule has 1 aromatic heterocycles. The van der Waals surface area contributed by atoms with Crippen LogP contribution in [0.5, 0.6) is 5.75 Å². The van der Waals surface area contributed by atoms with Crippen LogP contribution >= 0.6 is 0 Å². The number of hydrogen-bond acceptors (Lipinski definition) is 6. The minimum Gasteiger partial charge on any atom is -0.497 e. The van der Waals surface area contributed by atoms with Gasteiger partial charge in [-0.15, -0.1) is 0 Å². The normalized spacial score (nSPS) is 16.1. The van der Waals surface area contributed by atoms with E-state index >= 15 is 0 Å². The highest BCUT2D eigenvalue weighted by Gasteiger charge is 2.28. The number of halogens is 1. The maximum Gasteiger partial charge on any atom is 0.240 e. The summed E-state index contributed by atoms with van der Waals surface area (Å²) in [6.45, 7) is 3.24. The smallest absolute Gasteiger partial charge is 0.240 e. The zero-order valence-corrected chi connectivity index (χ0v) is 18.6. The van der Waals surface area contributed by atoms with Crippen LogP contribution in [0.4, 0.5) is 10.1 Å². The van der Waals surface area contributed by atoms with Crippen LogP contribution in [0.1, 0.15) is 11.8 Å². The molecule has 9 heteroatoms. The van der Waals surface area contributed by atoms with E-state index in [0.29, 0.717) is 5.76 Å². The molecule has 170 valence electrons. The van der Waals surface area contributed by atoms with Crippen LogP contribution in [0.2, 0.25) is 0 Å². The van der Waals surface area contributed by atoms with Crippen LogP contribution in [-0.2, 0) is 10.0 Å². The summed E-state index contributed by atoms with van der Waals surface area (Å²) < 4.78 is 52.0. The summed E-state index contributed by atoms with van der Waals surface area (Å²) in [5, 5.41) is 0. The molecule has 1 fully saturated rings. The molecule has 3 aromatic rings. The lowest BCUT2D eigenvalue weighted by Gasteiger charge is -2.39. The van der Waals surface area contributed by atoms with Crippen molar-refractivity contribution in [2.45, 2.75) is 10.9 Å². The van der Waals surface area contributed by atoms with E-state index < -0.39 is 15.8 Å². The van der Waals surface area contributed by atoms with Gasteiger partial charge in [-0.2, -0.15) is 0 Å². The number of anilines is 1. The summed E-state index contributed by atoms with van der Waals surface area (Å²) in [4.78, 5) is 4.53. The van der Waals surface area contributed by atoms with Crippen molar-refractivity contribution in [1.82, 2.24) is 9.62 Å². The molecule has 4 rings (SSSR count). The Morgan fingerprint density at radius 3 is 2.31 bits per heavy atom. The maximum absolute atomic E-state index is 13.2. The average Bonchev–Trinajstić information content (AvgIpc) is 3.35. The zero-order valence-electron chi connectivity index (χ0n) is 17.8. The first kappa shape index (κ1) is 22.3. The first-order valence-electron chi connectivity index (χ1n) is 10.4. The fourth-order valence-electron chi connectivity index (χ4n) is 3.86. The number of nitrogens with zero attached hydrogens (tertiary/aromatic N) is 2. The van der Waals surface area contributed by atoms with E-state index in [1.165, 1.54) is 12.1 Å². The molecule has 32 heavy (non-hydrogen) atoms. The summed E-state index contributed by atoms with van der Waals surface area (Å²) >= 11 is 0. The molecule has 1 saturated heterocycles. The quantitative estimate of drug-likeness (QED) is 0.557. The van der Waals surface area contributed by atoms with Crippen molar-refractivity contribution >= 4 is 15.7 Å². The first-order valence-corrected chi connectivity index (χ1v) is 11.9. The lowest BCUT2D eigenvalue weighted by molar-refractivity contribution is 0.166. The van der Waals surface area contributed by atoms with Gasteiger partial charge in [-0.25, -0.2) is 17.5 Å². The second-order valence-corrected chi connectivity index (χ2v) is 9.33. The Balaban J connectivity index is 1.43. The van der Waals surface area contributed by atoms with Crippen LogP contribution in [0.3, 0.4) is 0 Å². The van der Waals surface area contributed by atoms with E-state index in [-0.39, 0.29) is 17.5 Å². The number of nitrogens with one attached hydrogen (secondary N) is 1. The van der Waals surface area contributed by atoms with Gasteiger partial charge in [-0.3, -0.25) is 4.90 Å². The van der Waals surface area contributed by atoms with Crippen molar-refractivity contribution < 1.29 is 22.0 Å². The van der Waals surface area contributed by atoms with E-state index in [4.69, 9.17) is 9.15 Å². The molecule has 2 heterocycles. The van der Waals surface area contributed by atoms with Crippen LogP contribution in [-0.4, -0.2) is 53.2 Å². The van der Waals surface area contributed by atoms with Gasteiger partial charge in [0.2, 0.25) is 10.0 Å². The number of benzene rings is 2. The highest BCUT2D eigenvalue weighted by Crippen LogP contribution is 2.26. The molecule has 0 amide bonds. The van der Waals surface area contributed by atoms with Crippen molar-refractivity contribution in [3.8, 4) is 5.75 Å². The van der Waals surface area contributed by atoms with E-state index in [2.05, 4.69) is 14.5 Å².